The van der Waals surface area contributed by atoms with Gasteiger partial charge in [0.05, 0.1) is 5.60 Å². The van der Waals surface area contributed by atoms with E-state index in [1.54, 1.807) is 7.11 Å². The van der Waals surface area contributed by atoms with Gasteiger partial charge >= 0.3 is 0 Å². The van der Waals surface area contributed by atoms with Crippen LogP contribution >= 0.6 is 0 Å². The zero-order valence-electron chi connectivity index (χ0n) is 30.2. The first-order chi connectivity index (χ1) is 19.8. The third-order valence-electron chi connectivity index (χ3n) is 8.63. The molecule has 0 aliphatic heterocycles. The molecule has 0 aromatic carbocycles. The van der Waals surface area contributed by atoms with Crippen molar-refractivity contribution >= 4 is 0 Å². The lowest BCUT2D eigenvalue weighted by molar-refractivity contribution is 0.0254. The Kier molecular flexibility index (Phi) is 24.2. The van der Waals surface area contributed by atoms with Gasteiger partial charge in [-0.2, -0.15) is 0 Å². The molecule has 0 N–H and O–H groups in total. The predicted molar refractivity (Wildman–Crippen MR) is 192 cm³/mol. The second kappa shape index (κ2) is 25.0. The fourth-order valence-corrected chi connectivity index (χ4v) is 5.15. The number of rotatable bonds is 25. The molecule has 0 rings (SSSR count). The molecule has 0 amide bonds. The van der Waals surface area contributed by atoms with Crippen LogP contribution in [0.25, 0.3) is 0 Å². The van der Waals surface area contributed by atoms with Gasteiger partial charge in [-0.15, -0.1) is 0 Å². The lowest BCUT2D eigenvalue weighted by atomic mass is 9.92. The molecule has 6 atom stereocenters. The van der Waals surface area contributed by atoms with Gasteiger partial charge in [0.1, 0.15) is 0 Å². The molecule has 0 saturated heterocycles. The zero-order valence-corrected chi connectivity index (χ0v) is 30.2. The molecule has 0 aromatic rings. The van der Waals surface area contributed by atoms with Crippen molar-refractivity contribution in [2.45, 2.75) is 152 Å². The summed E-state index contributed by atoms with van der Waals surface area (Å²) in [5.41, 5.74) is -0.0704. The highest BCUT2D eigenvalue weighted by molar-refractivity contribution is 4.99. The maximum Gasteiger partial charge on any atom is 0.0657 e. The molecule has 1 nitrogen and oxygen atoms in total. The third-order valence-corrected chi connectivity index (χ3v) is 8.63. The highest BCUT2D eigenvalue weighted by Gasteiger charge is 2.13. The highest BCUT2D eigenvalue weighted by atomic mass is 16.5. The SMILES string of the molecule is COC(C)(C)C/C=C/[C@@H](C)C/C=C/[C@H](C)C/C=C/[C@H](C)C/C=C\C[C@@H](C)/C=C/C[C@@H](C)CCC[C@H](C)CCCC(C)C. The predicted octanol–water partition coefficient (Wildman–Crippen LogP) is 13.3. The Morgan fingerprint density at radius 2 is 0.857 bits per heavy atom. The largest absolute Gasteiger partial charge is 0.378 e. The average Bonchev–Trinajstić information content (AvgIpc) is 2.91. The van der Waals surface area contributed by atoms with E-state index >= 15 is 0 Å². The van der Waals surface area contributed by atoms with Crippen LogP contribution in [0.4, 0.5) is 0 Å². The van der Waals surface area contributed by atoms with E-state index in [1.807, 2.05) is 0 Å². The fraction of sp³-hybridized carbons (Fsp3) is 0.756. The van der Waals surface area contributed by atoms with E-state index in [-0.39, 0.29) is 5.60 Å². The molecule has 0 spiro atoms. The second-order valence-electron chi connectivity index (χ2n) is 14.9. The summed E-state index contributed by atoms with van der Waals surface area (Å²) >= 11 is 0. The van der Waals surface area contributed by atoms with Crippen LogP contribution in [-0.4, -0.2) is 12.7 Å². The Bertz CT molecular complexity index is 764. The smallest absolute Gasteiger partial charge is 0.0657 e. The molecular formula is C41H74O. The van der Waals surface area contributed by atoms with Crippen molar-refractivity contribution in [1.29, 1.82) is 0 Å². The monoisotopic (exact) mass is 583 g/mol. The molecule has 0 radical (unpaired) electrons. The first-order valence-electron chi connectivity index (χ1n) is 17.7. The fourth-order valence-electron chi connectivity index (χ4n) is 5.15. The van der Waals surface area contributed by atoms with Gasteiger partial charge in [0, 0.05) is 7.11 Å². The first-order valence-corrected chi connectivity index (χ1v) is 17.7. The van der Waals surface area contributed by atoms with Crippen molar-refractivity contribution in [2.75, 3.05) is 7.11 Å². The average molecular weight is 583 g/mol. The van der Waals surface area contributed by atoms with Gasteiger partial charge in [-0.25, -0.2) is 0 Å². The van der Waals surface area contributed by atoms with Gasteiger partial charge in [-0.05, 0) is 93.8 Å². The Morgan fingerprint density at radius 3 is 1.31 bits per heavy atom. The van der Waals surface area contributed by atoms with Crippen LogP contribution in [-0.2, 0) is 4.74 Å². The van der Waals surface area contributed by atoms with Gasteiger partial charge in [0.25, 0.3) is 0 Å². The number of hydrogen-bond acceptors (Lipinski definition) is 1. The van der Waals surface area contributed by atoms with Crippen molar-refractivity contribution < 1.29 is 4.74 Å². The molecule has 0 heterocycles. The van der Waals surface area contributed by atoms with Crippen LogP contribution in [0.3, 0.4) is 0 Å². The van der Waals surface area contributed by atoms with Crippen LogP contribution in [0.1, 0.15) is 146 Å². The summed E-state index contributed by atoms with van der Waals surface area (Å²) < 4.78 is 5.49. The summed E-state index contributed by atoms with van der Waals surface area (Å²) in [6.45, 7) is 23.1. The standard InChI is InChI=1S/C41H74O/c1-34(2)20-14-23-37(5)26-17-29-38(6)27-15-24-35(3)21-12-13-22-36(4)25-16-28-39(7)30-18-31-40(8)32-19-33-41(9,10)42-11/h12-13,15-16,18-19,24-25,30,32,34-40H,14,17,20-23,26-29,31,33H2,1-11H3/b13-12-,24-15+,25-16+,30-18+,32-19+/t35-,36-,37-,38-,39-,40+/m1/s1. The van der Waals surface area contributed by atoms with E-state index in [0.717, 1.165) is 49.9 Å². The van der Waals surface area contributed by atoms with Crippen molar-refractivity contribution in [3.8, 4) is 0 Å². The summed E-state index contributed by atoms with van der Waals surface area (Å²) in [6, 6.07) is 0. The number of hydrogen-bond donors (Lipinski definition) is 0. The molecule has 0 fully saturated rings. The number of allylic oxidation sites excluding steroid dienone is 9. The van der Waals surface area contributed by atoms with Crippen LogP contribution in [0.5, 0.6) is 0 Å². The number of ether oxygens (including phenoxy) is 1. The normalized spacial score (nSPS) is 17.8. The van der Waals surface area contributed by atoms with Crippen LogP contribution < -0.4 is 0 Å². The van der Waals surface area contributed by atoms with E-state index < -0.39 is 0 Å². The molecule has 42 heavy (non-hydrogen) atoms. The van der Waals surface area contributed by atoms with E-state index in [1.165, 1.54) is 44.9 Å². The molecule has 0 saturated carbocycles. The summed E-state index contributed by atoms with van der Waals surface area (Å²) in [6.07, 6.45) is 38.8. The van der Waals surface area contributed by atoms with Crippen LogP contribution in [0.2, 0.25) is 0 Å². The molecule has 1 heteroatoms. The zero-order chi connectivity index (χ0) is 31.8. The van der Waals surface area contributed by atoms with Gasteiger partial charge in [-0.1, -0.05) is 155 Å². The summed E-state index contributed by atoms with van der Waals surface area (Å²) in [4.78, 5) is 0. The van der Waals surface area contributed by atoms with Crippen molar-refractivity contribution in [2.24, 2.45) is 41.4 Å². The summed E-state index contributed by atoms with van der Waals surface area (Å²) in [5, 5.41) is 0. The number of methoxy groups -OCH3 is 1. The highest BCUT2D eigenvalue weighted by Crippen LogP contribution is 2.21. The Labute approximate surface area is 265 Å². The van der Waals surface area contributed by atoms with E-state index in [4.69, 9.17) is 4.74 Å². The molecule has 0 unspecified atom stereocenters. The van der Waals surface area contributed by atoms with E-state index in [9.17, 15) is 0 Å². The minimum atomic E-state index is -0.0704. The minimum absolute atomic E-state index is 0.0704. The molecule has 0 aliphatic carbocycles. The van der Waals surface area contributed by atoms with Gasteiger partial charge in [-0.3, -0.25) is 0 Å². The maximum absolute atomic E-state index is 5.49. The van der Waals surface area contributed by atoms with Crippen molar-refractivity contribution in [3.05, 3.63) is 60.8 Å². The lowest BCUT2D eigenvalue weighted by Gasteiger charge is -2.20. The summed E-state index contributed by atoms with van der Waals surface area (Å²) in [7, 11) is 1.79. The van der Waals surface area contributed by atoms with Gasteiger partial charge in [0.15, 0.2) is 0 Å². The van der Waals surface area contributed by atoms with Crippen molar-refractivity contribution in [1.82, 2.24) is 0 Å². The summed E-state index contributed by atoms with van der Waals surface area (Å²) in [5.74, 6) is 4.95. The Morgan fingerprint density at radius 1 is 0.476 bits per heavy atom. The lowest BCUT2D eigenvalue weighted by Crippen LogP contribution is -2.20. The second-order valence-corrected chi connectivity index (χ2v) is 14.9. The molecule has 244 valence electrons. The van der Waals surface area contributed by atoms with Crippen LogP contribution in [0.15, 0.2) is 60.8 Å². The molecular weight excluding hydrogens is 508 g/mol. The molecule has 0 aliphatic rings. The molecule has 0 bridgehead atoms. The van der Waals surface area contributed by atoms with Crippen LogP contribution in [0, 0.1) is 41.4 Å². The first kappa shape index (κ1) is 40.7. The van der Waals surface area contributed by atoms with Gasteiger partial charge < -0.3 is 4.74 Å². The Hall–Kier alpha value is -1.34. The van der Waals surface area contributed by atoms with Gasteiger partial charge in [0.2, 0.25) is 0 Å². The minimum Gasteiger partial charge on any atom is -0.378 e. The van der Waals surface area contributed by atoms with E-state index in [2.05, 4.69) is 130 Å². The van der Waals surface area contributed by atoms with Crippen molar-refractivity contribution in [3.63, 3.8) is 0 Å². The topological polar surface area (TPSA) is 9.23 Å². The third kappa shape index (κ3) is 26.3. The quantitative estimate of drug-likeness (QED) is 0.0973. The Balaban J connectivity index is 4.05. The van der Waals surface area contributed by atoms with E-state index in [0.29, 0.717) is 23.7 Å². The maximum atomic E-state index is 5.49. The molecule has 0 aromatic heterocycles.